The van der Waals surface area contributed by atoms with Gasteiger partial charge < -0.3 is 25.4 Å². The first-order valence-electron chi connectivity index (χ1n) is 5.18. The average molecular weight is 231 g/mol. The highest BCUT2D eigenvalue weighted by Gasteiger charge is 2.15. The average Bonchev–Trinajstić information content (AvgIpc) is 2.29. The zero-order valence-corrected chi connectivity index (χ0v) is 9.11. The van der Waals surface area contributed by atoms with E-state index in [1.807, 2.05) is 0 Å². The molecule has 1 heterocycles. The fourth-order valence-corrected chi connectivity index (χ4v) is 1.34. The third-order valence-electron chi connectivity index (χ3n) is 2.16. The zero-order chi connectivity index (χ0) is 11.8. The van der Waals surface area contributed by atoms with Crippen LogP contribution in [0.15, 0.2) is 0 Å². The first-order chi connectivity index (χ1) is 7.70. The summed E-state index contributed by atoms with van der Waals surface area (Å²) in [5.41, 5.74) is 4.77. The molecule has 0 aromatic rings. The third kappa shape index (κ3) is 4.94. The lowest BCUT2D eigenvalue weighted by Gasteiger charge is -2.26. The number of carbonyl (C=O) groups is 2. The van der Waals surface area contributed by atoms with Gasteiger partial charge in [0, 0.05) is 19.6 Å². The number of nitrogens with one attached hydrogen (secondary N) is 1. The Balaban J connectivity index is 2.03. The number of nitrogens with zero attached hydrogens (tertiary/aromatic N) is 1. The Morgan fingerprint density at radius 3 is 2.69 bits per heavy atom. The Labute approximate surface area is 93.9 Å². The predicted octanol–water partition coefficient (Wildman–Crippen LogP) is -1.47. The van der Waals surface area contributed by atoms with Crippen LogP contribution < -0.4 is 11.1 Å². The van der Waals surface area contributed by atoms with Crippen LogP contribution in [0.25, 0.3) is 0 Å². The molecule has 0 aromatic heterocycles. The third-order valence-corrected chi connectivity index (χ3v) is 2.16. The van der Waals surface area contributed by atoms with Crippen molar-refractivity contribution in [3.63, 3.8) is 0 Å². The Morgan fingerprint density at radius 2 is 2.06 bits per heavy atom. The monoisotopic (exact) mass is 231 g/mol. The highest BCUT2D eigenvalue weighted by molar-refractivity contribution is 5.78. The first kappa shape index (κ1) is 12.7. The van der Waals surface area contributed by atoms with E-state index in [2.05, 4.69) is 10.1 Å². The molecule has 1 saturated heterocycles. The molecule has 0 radical (unpaired) electrons. The van der Waals surface area contributed by atoms with Crippen molar-refractivity contribution in [1.82, 2.24) is 10.2 Å². The van der Waals surface area contributed by atoms with Crippen LogP contribution in [0.5, 0.6) is 0 Å². The first-order valence-corrected chi connectivity index (χ1v) is 5.18. The summed E-state index contributed by atoms with van der Waals surface area (Å²) in [6.45, 7) is 3.29. The van der Waals surface area contributed by atoms with Gasteiger partial charge in [-0.1, -0.05) is 0 Å². The quantitative estimate of drug-likeness (QED) is 0.563. The maximum atomic E-state index is 11.6. The highest BCUT2D eigenvalue weighted by atomic mass is 16.5. The maximum Gasteiger partial charge on any atom is 0.404 e. The van der Waals surface area contributed by atoms with Crippen LogP contribution in [0.2, 0.25) is 0 Å². The van der Waals surface area contributed by atoms with Gasteiger partial charge in [0.1, 0.15) is 6.61 Å². The van der Waals surface area contributed by atoms with Gasteiger partial charge >= 0.3 is 6.09 Å². The lowest BCUT2D eigenvalue weighted by atomic mass is 10.4. The molecule has 1 fully saturated rings. The van der Waals surface area contributed by atoms with Crippen molar-refractivity contribution in [2.45, 2.75) is 0 Å². The van der Waals surface area contributed by atoms with Gasteiger partial charge in [0.2, 0.25) is 5.91 Å². The van der Waals surface area contributed by atoms with E-state index in [0.29, 0.717) is 32.8 Å². The van der Waals surface area contributed by atoms with Gasteiger partial charge in [-0.3, -0.25) is 4.79 Å². The minimum atomic E-state index is -0.804. The number of ether oxygens (including phenoxy) is 2. The van der Waals surface area contributed by atoms with Gasteiger partial charge in [-0.15, -0.1) is 0 Å². The minimum absolute atomic E-state index is 0.0300. The fourth-order valence-electron chi connectivity index (χ4n) is 1.34. The van der Waals surface area contributed by atoms with Gasteiger partial charge in [-0.25, -0.2) is 4.79 Å². The maximum absolute atomic E-state index is 11.6. The van der Waals surface area contributed by atoms with Gasteiger partial charge in [0.15, 0.2) is 0 Å². The molecule has 1 aliphatic heterocycles. The number of carbonyl (C=O) groups excluding carboxylic acids is 2. The number of hydrogen-bond donors (Lipinski definition) is 2. The number of primary amides is 1. The highest BCUT2D eigenvalue weighted by Crippen LogP contribution is 1.96. The Kier molecular flexibility index (Phi) is 5.58. The summed E-state index contributed by atoms with van der Waals surface area (Å²) < 4.78 is 9.63. The number of morpholine rings is 1. The van der Waals surface area contributed by atoms with E-state index < -0.39 is 6.09 Å². The van der Waals surface area contributed by atoms with E-state index in [4.69, 9.17) is 10.5 Å². The second-order valence-electron chi connectivity index (χ2n) is 3.34. The number of hydrogen-bond acceptors (Lipinski definition) is 5. The van der Waals surface area contributed by atoms with Crippen LogP contribution in [0.3, 0.4) is 0 Å². The van der Waals surface area contributed by atoms with E-state index in [1.54, 1.807) is 4.90 Å². The lowest BCUT2D eigenvalue weighted by Crippen LogP contribution is -2.45. The minimum Gasteiger partial charge on any atom is -0.448 e. The van der Waals surface area contributed by atoms with Crippen molar-refractivity contribution in [1.29, 1.82) is 0 Å². The van der Waals surface area contributed by atoms with E-state index in [0.717, 1.165) is 0 Å². The molecular formula is C9H17N3O4. The van der Waals surface area contributed by atoms with E-state index in [9.17, 15) is 9.59 Å². The van der Waals surface area contributed by atoms with Crippen molar-refractivity contribution in [3.05, 3.63) is 0 Å². The van der Waals surface area contributed by atoms with Crippen LogP contribution >= 0.6 is 0 Å². The molecule has 0 atom stereocenters. The molecule has 0 aliphatic carbocycles. The van der Waals surface area contributed by atoms with Crippen LogP contribution in [-0.4, -0.2) is 62.9 Å². The molecule has 0 aromatic carbocycles. The topological polar surface area (TPSA) is 93.9 Å². The smallest absolute Gasteiger partial charge is 0.404 e. The standard InChI is InChI=1S/C9H17N3O4/c10-9(14)16-4-1-11-7-8(13)12-2-5-15-6-3-12/h11H,1-7H2,(H2,10,14). The zero-order valence-electron chi connectivity index (χ0n) is 9.11. The van der Waals surface area contributed by atoms with Crippen molar-refractivity contribution in [2.75, 3.05) is 46.0 Å². The van der Waals surface area contributed by atoms with Crippen molar-refractivity contribution >= 4 is 12.0 Å². The molecular weight excluding hydrogens is 214 g/mol. The Hall–Kier alpha value is -1.34. The van der Waals surface area contributed by atoms with E-state index in [1.165, 1.54) is 0 Å². The van der Waals surface area contributed by atoms with Crippen LogP contribution in [0, 0.1) is 0 Å². The summed E-state index contributed by atoms with van der Waals surface area (Å²) in [6.07, 6.45) is -0.804. The molecule has 0 spiro atoms. The fraction of sp³-hybridized carbons (Fsp3) is 0.778. The molecule has 2 amide bonds. The number of nitrogens with two attached hydrogens (primary N) is 1. The van der Waals surface area contributed by atoms with Crippen molar-refractivity contribution in [3.8, 4) is 0 Å². The molecule has 1 rings (SSSR count). The Morgan fingerprint density at radius 1 is 1.38 bits per heavy atom. The van der Waals surface area contributed by atoms with Gasteiger partial charge in [-0.05, 0) is 0 Å². The van der Waals surface area contributed by atoms with Crippen molar-refractivity contribution < 1.29 is 19.1 Å². The molecule has 0 unspecified atom stereocenters. The predicted molar refractivity (Wildman–Crippen MR) is 55.8 cm³/mol. The summed E-state index contributed by atoms with van der Waals surface area (Å²) in [5.74, 6) is 0.0300. The molecule has 0 saturated carbocycles. The molecule has 92 valence electrons. The SMILES string of the molecule is NC(=O)OCCNCC(=O)N1CCOCC1. The summed E-state index contributed by atoms with van der Waals surface area (Å²) in [5, 5.41) is 2.87. The molecule has 16 heavy (non-hydrogen) atoms. The normalized spacial score (nSPS) is 15.9. The molecule has 0 bridgehead atoms. The molecule has 3 N–H and O–H groups in total. The molecule has 7 nitrogen and oxygen atoms in total. The summed E-state index contributed by atoms with van der Waals surface area (Å²) in [7, 11) is 0. The second-order valence-corrected chi connectivity index (χ2v) is 3.34. The molecule has 1 aliphatic rings. The Bertz CT molecular complexity index is 241. The van der Waals surface area contributed by atoms with Gasteiger partial charge in [-0.2, -0.15) is 0 Å². The second kappa shape index (κ2) is 7.02. The van der Waals surface area contributed by atoms with Gasteiger partial charge in [0.25, 0.3) is 0 Å². The lowest BCUT2D eigenvalue weighted by molar-refractivity contribution is -0.134. The summed E-state index contributed by atoms with van der Waals surface area (Å²) in [6, 6.07) is 0. The molecule has 7 heteroatoms. The van der Waals surface area contributed by atoms with E-state index >= 15 is 0 Å². The van der Waals surface area contributed by atoms with Crippen molar-refractivity contribution in [2.24, 2.45) is 5.73 Å². The largest absolute Gasteiger partial charge is 0.448 e. The van der Waals surface area contributed by atoms with Crippen LogP contribution in [0.1, 0.15) is 0 Å². The van der Waals surface area contributed by atoms with E-state index in [-0.39, 0.29) is 19.1 Å². The number of rotatable bonds is 5. The number of amides is 2. The van der Waals surface area contributed by atoms with Gasteiger partial charge in [0.05, 0.1) is 19.8 Å². The van der Waals surface area contributed by atoms with Crippen LogP contribution in [0.4, 0.5) is 4.79 Å². The van der Waals surface area contributed by atoms with Crippen LogP contribution in [-0.2, 0) is 14.3 Å². The summed E-state index contributed by atoms with van der Waals surface area (Å²) >= 11 is 0. The summed E-state index contributed by atoms with van der Waals surface area (Å²) in [4.78, 5) is 23.5.